The van der Waals surface area contributed by atoms with Crippen molar-refractivity contribution in [3.63, 3.8) is 0 Å². The molecule has 160 valence electrons. The Morgan fingerprint density at radius 3 is 2.17 bits per heavy atom. The summed E-state index contributed by atoms with van der Waals surface area (Å²) < 4.78 is 5.55. The van der Waals surface area contributed by atoms with Gasteiger partial charge in [0.05, 0.1) is 6.04 Å². The topological polar surface area (TPSA) is 58.6 Å². The van der Waals surface area contributed by atoms with Gasteiger partial charge in [-0.2, -0.15) is 0 Å². The lowest BCUT2D eigenvalue weighted by Gasteiger charge is -2.32. The number of likely N-dealkylation sites (tertiary alicyclic amines) is 1. The second kappa shape index (κ2) is 10.3. The quantitative estimate of drug-likeness (QED) is 0.743. The highest BCUT2D eigenvalue weighted by Crippen LogP contribution is 2.22. The standard InChI is InChI=1S/C25H32N2O3/c1-18(2)20-9-11-21(12-10-20)19(3)26-25(29)22-13-15-27(16-14-22)24(28)17-30-23-7-5-4-6-8-23/h4-12,18-19,22H,13-17H2,1-3H3,(H,26,29). The third-order valence-corrected chi connectivity index (χ3v) is 5.79. The molecule has 3 rings (SSSR count). The Balaban J connectivity index is 1.43. The number of ether oxygens (including phenoxy) is 1. The summed E-state index contributed by atoms with van der Waals surface area (Å²) in [6.45, 7) is 7.57. The fraction of sp³-hybridized carbons (Fsp3) is 0.440. The molecule has 1 saturated heterocycles. The van der Waals surface area contributed by atoms with Crippen molar-refractivity contribution >= 4 is 11.8 Å². The maximum absolute atomic E-state index is 12.7. The number of amides is 2. The SMILES string of the molecule is CC(C)c1ccc(C(C)NC(=O)C2CCN(C(=O)COc3ccccc3)CC2)cc1. The summed E-state index contributed by atoms with van der Waals surface area (Å²) in [7, 11) is 0. The first-order chi connectivity index (χ1) is 14.4. The predicted molar refractivity (Wildman–Crippen MR) is 118 cm³/mol. The largest absolute Gasteiger partial charge is 0.484 e. The van der Waals surface area contributed by atoms with Crippen LogP contribution >= 0.6 is 0 Å². The monoisotopic (exact) mass is 408 g/mol. The van der Waals surface area contributed by atoms with Gasteiger partial charge >= 0.3 is 0 Å². The summed E-state index contributed by atoms with van der Waals surface area (Å²) in [5, 5.41) is 3.14. The van der Waals surface area contributed by atoms with Gasteiger partial charge < -0.3 is 15.0 Å². The maximum atomic E-state index is 12.7. The number of nitrogens with one attached hydrogen (secondary N) is 1. The molecule has 1 aliphatic heterocycles. The molecular formula is C25H32N2O3. The van der Waals surface area contributed by atoms with Crippen molar-refractivity contribution < 1.29 is 14.3 Å². The second-order valence-electron chi connectivity index (χ2n) is 8.31. The number of piperidine rings is 1. The molecule has 5 nitrogen and oxygen atoms in total. The van der Waals surface area contributed by atoms with E-state index in [0.29, 0.717) is 37.6 Å². The van der Waals surface area contributed by atoms with Crippen LogP contribution in [0.4, 0.5) is 0 Å². The summed E-state index contributed by atoms with van der Waals surface area (Å²) in [4.78, 5) is 26.9. The zero-order valence-electron chi connectivity index (χ0n) is 18.1. The van der Waals surface area contributed by atoms with E-state index in [1.165, 1.54) is 5.56 Å². The molecule has 1 N–H and O–H groups in total. The summed E-state index contributed by atoms with van der Waals surface area (Å²) in [5.41, 5.74) is 2.41. The Morgan fingerprint density at radius 1 is 0.967 bits per heavy atom. The molecule has 0 radical (unpaired) electrons. The van der Waals surface area contributed by atoms with Crippen LogP contribution in [0.3, 0.4) is 0 Å². The Morgan fingerprint density at radius 2 is 1.57 bits per heavy atom. The van der Waals surface area contributed by atoms with E-state index in [1.807, 2.05) is 37.3 Å². The minimum absolute atomic E-state index is 0.0300. The molecule has 0 saturated carbocycles. The van der Waals surface area contributed by atoms with Crippen molar-refractivity contribution in [2.45, 2.75) is 45.6 Å². The number of nitrogens with zero attached hydrogens (tertiary/aromatic N) is 1. The number of rotatable bonds is 7. The molecule has 5 heteroatoms. The first kappa shape index (κ1) is 21.9. The smallest absolute Gasteiger partial charge is 0.260 e. The van der Waals surface area contributed by atoms with Gasteiger partial charge in [0.2, 0.25) is 5.91 Å². The third-order valence-electron chi connectivity index (χ3n) is 5.79. The molecule has 1 atom stereocenters. The van der Waals surface area contributed by atoms with Crippen LogP contribution in [-0.4, -0.2) is 36.4 Å². The van der Waals surface area contributed by atoms with E-state index in [1.54, 1.807) is 4.90 Å². The van der Waals surface area contributed by atoms with Gasteiger partial charge in [-0.15, -0.1) is 0 Å². The minimum atomic E-state index is -0.0542. The average molecular weight is 409 g/mol. The van der Waals surface area contributed by atoms with Gasteiger partial charge in [-0.05, 0) is 48.9 Å². The van der Waals surface area contributed by atoms with Gasteiger partial charge in [-0.3, -0.25) is 9.59 Å². The van der Waals surface area contributed by atoms with Crippen molar-refractivity contribution in [2.24, 2.45) is 5.92 Å². The van der Waals surface area contributed by atoms with E-state index < -0.39 is 0 Å². The van der Waals surface area contributed by atoms with Crippen molar-refractivity contribution in [1.29, 1.82) is 0 Å². The van der Waals surface area contributed by atoms with Gasteiger partial charge in [-0.25, -0.2) is 0 Å². The molecule has 1 unspecified atom stereocenters. The molecule has 1 fully saturated rings. The van der Waals surface area contributed by atoms with E-state index >= 15 is 0 Å². The summed E-state index contributed by atoms with van der Waals surface area (Å²) in [6.07, 6.45) is 1.36. The molecule has 0 bridgehead atoms. The number of hydrogen-bond acceptors (Lipinski definition) is 3. The van der Waals surface area contributed by atoms with Gasteiger partial charge in [0.1, 0.15) is 5.75 Å². The normalized spacial score (nSPS) is 15.7. The number of hydrogen-bond donors (Lipinski definition) is 1. The van der Waals surface area contributed by atoms with E-state index in [9.17, 15) is 9.59 Å². The van der Waals surface area contributed by atoms with Crippen LogP contribution in [0.25, 0.3) is 0 Å². The van der Waals surface area contributed by atoms with Crippen LogP contribution in [0.5, 0.6) is 5.75 Å². The first-order valence-electron chi connectivity index (χ1n) is 10.8. The van der Waals surface area contributed by atoms with Gasteiger partial charge in [0.15, 0.2) is 6.61 Å². The Kier molecular flexibility index (Phi) is 7.50. The Hall–Kier alpha value is -2.82. The highest BCUT2D eigenvalue weighted by molar-refractivity contribution is 5.81. The lowest BCUT2D eigenvalue weighted by Crippen LogP contribution is -2.44. The van der Waals surface area contributed by atoms with Gasteiger partial charge in [0.25, 0.3) is 5.91 Å². The summed E-state index contributed by atoms with van der Waals surface area (Å²) in [6, 6.07) is 17.7. The molecule has 1 heterocycles. The average Bonchev–Trinajstić information content (AvgIpc) is 2.78. The predicted octanol–water partition coefficient (Wildman–Crippen LogP) is 4.30. The third kappa shape index (κ3) is 5.85. The fourth-order valence-corrected chi connectivity index (χ4v) is 3.73. The van der Waals surface area contributed by atoms with Crippen LogP contribution < -0.4 is 10.1 Å². The lowest BCUT2D eigenvalue weighted by molar-refractivity contribution is -0.137. The zero-order chi connectivity index (χ0) is 21.5. The number of carbonyl (C=O) groups excluding carboxylic acids is 2. The first-order valence-corrected chi connectivity index (χ1v) is 10.8. The van der Waals surface area contributed by atoms with E-state index in [2.05, 4.69) is 43.4 Å². The van der Waals surface area contributed by atoms with Crippen LogP contribution in [-0.2, 0) is 9.59 Å². The minimum Gasteiger partial charge on any atom is -0.484 e. The van der Waals surface area contributed by atoms with Crippen LogP contribution in [0.15, 0.2) is 54.6 Å². The van der Waals surface area contributed by atoms with E-state index in [-0.39, 0.29) is 30.4 Å². The van der Waals surface area contributed by atoms with E-state index in [4.69, 9.17) is 4.74 Å². The fourth-order valence-electron chi connectivity index (χ4n) is 3.73. The van der Waals surface area contributed by atoms with Gasteiger partial charge in [0, 0.05) is 19.0 Å². The zero-order valence-corrected chi connectivity index (χ0v) is 18.1. The summed E-state index contributed by atoms with van der Waals surface area (Å²) >= 11 is 0. The van der Waals surface area contributed by atoms with Crippen molar-refractivity contribution in [3.05, 3.63) is 65.7 Å². The highest BCUT2D eigenvalue weighted by Gasteiger charge is 2.28. The molecule has 2 amide bonds. The number of benzene rings is 2. The van der Waals surface area contributed by atoms with Crippen LogP contribution in [0.1, 0.15) is 56.7 Å². The highest BCUT2D eigenvalue weighted by atomic mass is 16.5. The van der Waals surface area contributed by atoms with Gasteiger partial charge in [-0.1, -0.05) is 56.3 Å². The molecule has 2 aromatic rings. The molecular weight excluding hydrogens is 376 g/mol. The Labute approximate surface area is 179 Å². The number of carbonyl (C=O) groups is 2. The van der Waals surface area contributed by atoms with Crippen LogP contribution in [0.2, 0.25) is 0 Å². The lowest BCUT2D eigenvalue weighted by atomic mass is 9.94. The van der Waals surface area contributed by atoms with Crippen molar-refractivity contribution in [3.8, 4) is 5.75 Å². The van der Waals surface area contributed by atoms with Crippen molar-refractivity contribution in [2.75, 3.05) is 19.7 Å². The molecule has 1 aliphatic rings. The summed E-state index contributed by atoms with van der Waals surface area (Å²) in [5.74, 6) is 1.17. The second-order valence-corrected chi connectivity index (χ2v) is 8.31. The molecule has 2 aromatic carbocycles. The number of para-hydroxylation sites is 1. The molecule has 0 spiro atoms. The Bertz CT molecular complexity index is 825. The molecule has 0 aliphatic carbocycles. The van der Waals surface area contributed by atoms with Crippen LogP contribution in [0, 0.1) is 5.92 Å². The molecule has 30 heavy (non-hydrogen) atoms. The van der Waals surface area contributed by atoms with Crippen molar-refractivity contribution in [1.82, 2.24) is 10.2 Å². The maximum Gasteiger partial charge on any atom is 0.260 e. The van der Waals surface area contributed by atoms with E-state index in [0.717, 1.165) is 5.56 Å². The molecule has 0 aromatic heterocycles.